The largest absolute Gasteiger partial charge is 0.494 e. The van der Waals surface area contributed by atoms with Gasteiger partial charge in [-0.2, -0.15) is 4.98 Å². The van der Waals surface area contributed by atoms with E-state index >= 15 is 0 Å². The van der Waals surface area contributed by atoms with Gasteiger partial charge in [0.15, 0.2) is 0 Å². The van der Waals surface area contributed by atoms with Crippen LogP contribution in [0.4, 0.5) is 5.82 Å². The molecule has 0 amide bonds. The second kappa shape index (κ2) is 7.65. The number of rotatable bonds is 4. The van der Waals surface area contributed by atoms with Crippen molar-refractivity contribution < 1.29 is 4.74 Å². The smallest absolute Gasteiger partial charge is 0.225 e. The highest BCUT2D eigenvalue weighted by Crippen LogP contribution is 2.40. The molecule has 0 N–H and O–H groups in total. The predicted octanol–water partition coefficient (Wildman–Crippen LogP) is 5.97. The van der Waals surface area contributed by atoms with Gasteiger partial charge in [0.2, 0.25) is 5.28 Å². The average Bonchev–Trinajstić information content (AvgIpc) is 3.17. The Balaban J connectivity index is 1.60. The molecular formula is C23H20ClN3OS. The summed E-state index contributed by atoms with van der Waals surface area (Å²) in [6.45, 7) is 4.40. The monoisotopic (exact) mass is 421 g/mol. The van der Waals surface area contributed by atoms with Crippen LogP contribution >= 0.6 is 22.9 Å². The molecule has 4 nitrogen and oxygen atoms in total. The third-order valence-electron chi connectivity index (χ3n) is 5.29. The van der Waals surface area contributed by atoms with E-state index in [9.17, 15) is 0 Å². The fourth-order valence-corrected chi connectivity index (χ4v) is 5.07. The van der Waals surface area contributed by atoms with Crippen molar-refractivity contribution in [2.75, 3.05) is 18.1 Å². The van der Waals surface area contributed by atoms with Gasteiger partial charge in [-0.1, -0.05) is 36.4 Å². The number of thiophene rings is 1. The molecule has 4 aromatic rings. The summed E-state index contributed by atoms with van der Waals surface area (Å²) < 4.78 is 5.59. The van der Waals surface area contributed by atoms with Crippen LogP contribution in [-0.2, 0) is 13.0 Å². The van der Waals surface area contributed by atoms with E-state index in [1.165, 1.54) is 11.1 Å². The van der Waals surface area contributed by atoms with Crippen molar-refractivity contribution in [3.05, 3.63) is 70.3 Å². The van der Waals surface area contributed by atoms with Crippen LogP contribution in [0.1, 0.15) is 18.1 Å². The maximum atomic E-state index is 6.30. The molecule has 0 bridgehead atoms. The SMILES string of the molecule is CCOc1ccc(-c2csc3nc(Cl)nc(N4CCc5ccccc5C4)c23)cc1. The minimum atomic E-state index is 0.298. The van der Waals surface area contributed by atoms with Gasteiger partial charge in [-0.25, -0.2) is 4.98 Å². The van der Waals surface area contributed by atoms with Crippen molar-refractivity contribution in [1.29, 1.82) is 0 Å². The second-order valence-electron chi connectivity index (χ2n) is 7.04. The maximum absolute atomic E-state index is 6.30. The van der Waals surface area contributed by atoms with Crippen LogP contribution in [0.3, 0.4) is 0 Å². The van der Waals surface area contributed by atoms with Crippen LogP contribution in [0.15, 0.2) is 53.9 Å². The number of aromatic nitrogens is 2. The minimum Gasteiger partial charge on any atom is -0.494 e. The van der Waals surface area contributed by atoms with E-state index in [2.05, 4.69) is 56.6 Å². The van der Waals surface area contributed by atoms with Gasteiger partial charge in [0.05, 0.1) is 12.0 Å². The highest BCUT2D eigenvalue weighted by atomic mass is 35.5. The summed E-state index contributed by atoms with van der Waals surface area (Å²) in [4.78, 5) is 12.4. The van der Waals surface area contributed by atoms with Gasteiger partial charge in [-0.3, -0.25) is 0 Å². The zero-order valence-corrected chi connectivity index (χ0v) is 17.6. The van der Waals surface area contributed by atoms with Crippen molar-refractivity contribution >= 4 is 39.0 Å². The van der Waals surface area contributed by atoms with Crippen molar-refractivity contribution in [2.24, 2.45) is 0 Å². The lowest BCUT2D eigenvalue weighted by molar-refractivity contribution is 0.340. The first-order chi connectivity index (χ1) is 14.2. The molecule has 0 unspecified atom stereocenters. The standard InChI is InChI=1S/C23H20ClN3OS/c1-2-28-18-9-7-16(8-10-18)19-14-29-22-20(19)21(25-23(24)26-22)27-12-11-15-5-3-4-6-17(15)13-27/h3-10,14H,2,11-13H2,1H3. The molecule has 5 rings (SSSR count). The van der Waals surface area contributed by atoms with E-state index in [0.29, 0.717) is 11.9 Å². The summed E-state index contributed by atoms with van der Waals surface area (Å²) in [5.74, 6) is 1.79. The molecule has 1 aliphatic heterocycles. The van der Waals surface area contributed by atoms with Gasteiger partial charge in [-0.05, 0) is 53.8 Å². The molecule has 1 aliphatic rings. The first-order valence-corrected chi connectivity index (χ1v) is 11.0. The van der Waals surface area contributed by atoms with Crippen molar-refractivity contribution in [3.63, 3.8) is 0 Å². The van der Waals surface area contributed by atoms with Gasteiger partial charge in [0.1, 0.15) is 16.4 Å². The quantitative estimate of drug-likeness (QED) is 0.380. The summed E-state index contributed by atoms with van der Waals surface area (Å²) >= 11 is 7.90. The second-order valence-corrected chi connectivity index (χ2v) is 8.24. The molecular weight excluding hydrogens is 402 g/mol. The van der Waals surface area contributed by atoms with Crippen LogP contribution in [0.2, 0.25) is 5.28 Å². The predicted molar refractivity (Wildman–Crippen MR) is 120 cm³/mol. The Kier molecular flexibility index (Phi) is 4.86. The number of hydrogen-bond acceptors (Lipinski definition) is 5. The van der Waals surface area contributed by atoms with Gasteiger partial charge >= 0.3 is 0 Å². The van der Waals surface area contributed by atoms with E-state index in [0.717, 1.165) is 52.4 Å². The van der Waals surface area contributed by atoms with Gasteiger partial charge in [-0.15, -0.1) is 11.3 Å². The lowest BCUT2D eigenvalue weighted by Crippen LogP contribution is -2.31. The summed E-state index contributed by atoms with van der Waals surface area (Å²) in [6, 6.07) is 16.8. The Morgan fingerprint density at radius 2 is 1.86 bits per heavy atom. The first-order valence-electron chi connectivity index (χ1n) is 9.72. The van der Waals surface area contributed by atoms with Crippen LogP contribution in [0.5, 0.6) is 5.75 Å². The number of fused-ring (bicyclic) bond motifs is 2. The highest BCUT2D eigenvalue weighted by Gasteiger charge is 2.23. The molecule has 0 saturated heterocycles. The Labute approximate surface area is 178 Å². The third kappa shape index (κ3) is 3.45. The van der Waals surface area contributed by atoms with Crippen LogP contribution in [-0.4, -0.2) is 23.1 Å². The van der Waals surface area contributed by atoms with E-state index < -0.39 is 0 Å². The zero-order valence-electron chi connectivity index (χ0n) is 16.1. The first kappa shape index (κ1) is 18.4. The lowest BCUT2D eigenvalue weighted by atomic mass is 9.99. The molecule has 0 fully saturated rings. The Bertz CT molecular complexity index is 1170. The van der Waals surface area contributed by atoms with Crippen molar-refractivity contribution in [3.8, 4) is 16.9 Å². The zero-order chi connectivity index (χ0) is 19.8. The molecule has 0 atom stereocenters. The Morgan fingerprint density at radius 1 is 1.07 bits per heavy atom. The minimum absolute atomic E-state index is 0.298. The molecule has 2 aromatic heterocycles. The summed E-state index contributed by atoms with van der Waals surface area (Å²) in [7, 11) is 0. The third-order valence-corrected chi connectivity index (χ3v) is 6.33. The average molecular weight is 422 g/mol. The maximum Gasteiger partial charge on any atom is 0.225 e. The van der Waals surface area contributed by atoms with Crippen molar-refractivity contribution in [2.45, 2.75) is 19.9 Å². The lowest BCUT2D eigenvalue weighted by Gasteiger charge is -2.30. The van der Waals surface area contributed by atoms with E-state index in [-0.39, 0.29) is 0 Å². The summed E-state index contributed by atoms with van der Waals surface area (Å²) in [6.07, 6.45) is 1.00. The number of nitrogens with zero attached hydrogens (tertiary/aromatic N) is 3. The molecule has 29 heavy (non-hydrogen) atoms. The number of ether oxygens (including phenoxy) is 1. The Hall–Kier alpha value is -2.63. The number of halogens is 1. The van der Waals surface area contributed by atoms with Gasteiger partial charge in [0, 0.05) is 24.0 Å². The molecule has 0 aliphatic carbocycles. The molecule has 0 spiro atoms. The fraction of sp³-hybridized carbons (Fsp3) is 0.217. The van der Waals surface area contributed by atoms with Crippen LogP contribution < -0.4 is 9.64 Å². The summed E-state index contributed by atoms with van der Waals surface area (Å²) in [5, 5.41) is 3.52. The van der Waals surface area contributed by atoms with Crippen LogP contribution in [0.25, 0.3) is 21.3 Å². The highest BCUT2D eigenvalue weighted by molar-refractivity contribution is 7.17. The topological polar surface area (TPSA) is 38.3 Å². The fourth-order valence-electron chi connectivity index (χ4n) is 3.91. The van der Waals surface area contributed by atoms with Crippen molar-refractivity contribution in [1.82, 2.24) is 9.97 Å². The molecule has 2 aromatic carbocycles. The summed E-state index contributed by atoms with van der Waals surface area (Å²) in [5.41, 5.74) is 5.03. The van der Waals surface area contributed by atoms with Gasteiger partial charge < -0.3 is 9.64 Å². The van der Waals surface area contributed by atoms with E-state index in [4.69, 9.17) is 16.3 Å². The number of hydrogen-bond donors (Lipinski definition) is 0. The number of anilines is 1. The normalized spacial score (nSPS) is 13.5. The van der Waals surface area contributed by atoms with Gasteiger partial charge in [0.25, 0.3) is 0 Å². The molecule has 0 saturated carbocycles. The van der Waals surface area contributed by atoms with Crippen LogP contribution in [0, 0.1) is 0 Å². The molecule has 0 radical (unpaired) electrons. The molecule has 6 heteroatoms. The van der Waals surface area contributed by atoms with E-state index in [1.807, 2.05) is 19.1 Å². The molecule has 3 heterocycles. The molecule has 146 valence electrons. The Morgan fingerprint density at radius 3 is 2.66 bits per heavy atom. The van der Waals surface area contributed by atoms with E-state index in [1.54, 1.807) is 11.3 Å². The number of benzene rings is 2.